The average Bonchev–Trinajstić information content (AvgIpc) is 3.21. The van der Waals surface area contributed by atoms with E-state index in [9.17, 15) is 4.79 Å². The van der Waals surface area contributed by atoms with Crippen molar-refractivity contribution in [1.29, 1.82) is 0 Å². The van der Waals surface area contributed by atoms with Crippen molar-refractivity contribution in [3.63, 3.8) is 0 Å². The largest absolute Gasteiger partial charge is 0.454 e. The number of fused-ring (bicyclic) bond motifs is 1. The number of carbonyl (C=O) groups is 1. The highest BCUT2D eigenvalue weighted by atomic mass is 79.9. The molecule has 0 aliphatic carbocycles. The molecule has 0 fully saturated rings. The van der Waals surface area contributed by atoms with Gasteiger partial charge in [-0.2, -0.15) is 5.01 Å². The molecule has 0 N–H and O–H groups in total. The van der Waals surface area contributed by atoms with E-state index >= 15 is 0 Å². The summed E-state index contributed by atoms with van der Waals surface area (Å²) < 4.78 is 17.6. The molecule has 4 rings (SSSR count). The standard InChI is InChI=1S/C17H13BrN2O4/c1-10(21)20-17(12-3-2-4-13(18)7-12)24-16(19-20)11-5-6-14-15(8-11)23-9-22-14/h2-8,17H,9H2,1H3/t17-/m0/s1. The molecule has 0 spiro atoms. The number of hydrazone groups is 1. The van der Waals surface area contributed by atoms with E-state index in [1.807, 2.05) is 30.3 Å². The first-order chi connectivity index (χ1) is 11.6. The monoisotopic (exact) mass is 388 g/mol. The summed E-state index contributed by atoms with van der Waals surface area (Å²) in [6.45, 7) is 1.66. The van der Waals surface area contributed by atoms with Crippen molar-refractivity contribution in [3.8, 4) is 11.5 Å². The molecule has 24 heavy (non-hydrogen) atoms. The molecule has 2 heterocycles. The molecule has 6 nitrogen and oxygen atoms in total. The van der Waals surface area contributed by atoms with Gasteiger partial charge in [0.2, 0.25) is 24.8 Å². The fourth-order valence-electron chi connectivity index (χ4n) is 2.59. The Morgan fingerprint density at radius 3 is 2.83 bits per heavy atom. The summed E-state index contributed by atoms with van der Waals surface area (Å²) in [6, 6.07) is 13.0. The molecule has 7 heteroatoms. The number of nitrogens with zero attached hydrogens (tertiary/aromatic N) is 2. The Balaban J connectivity index is 1.68. The van der Waals surface area contributed by atoms with E-state index in [1.54, 1.807) is 12.1 Å². The maximum atomic E-state index is 12.0. The van der Waals surface area contributed by atoms with Crippen molar-refractivity contribution in [2.24, 2.45) is 5.10 Å². The van der Waals surface area contributed by atoms with E-state index < -0.39 is 6.23 Å². The lowest BCUT2D eigenvalue weighted by atomic mass is 10.2. The van der Waals surface area contributed by atoms with Crippen molar-refractivity contribution >= 4 is 27.7 Å². The summed E-state index contributed by atoms with van der Waals surface area (Å²) in [4.78, 5) is 12.0. The predicted molar refractivity (Wildman–Crippen MR) is 89.6 cm³/mol. The van der Waals surface area contributed by atoms with Crippen LogP contribution in [0.25, 0.3) is 0 Å². The molecule has 0 radical (unpaired) electrons. The van der Waals surface area contributed by atoms with Crippen LogP contribution < -0.4 is 9.47 Å². The van der Waals surface area contributed by atoms with Gasteiger partial charge >= 0.3 is 0 Å². The first-order valence-electron chi connectivity index (χ1n) is 7.32. The van der Waals surface area contributed by atoms with Gasteiger partial charge in [0.15, 0.2) is 11.5 Å². The first kappa shape index (κ1) is 15.0. The Kier molecular flexibility index (Phi) is 3.65. The van der Waals surface area contributed by atoms with Crippen LogP contribution in [0, 0.1) is 0 Å². The lowest BCUT2D eigenvalue weighted by molar-refractivity contribution is -0.135. The van der Waals surface area contributed by atoms with Gasteiger partial charge in [-0.05, 0) is 30.3 Å². The Labute approximate surface area is 146 Å². The Morgan fingerprint density at radius 1 is 1.21 bits per heavy atom. The number of halogens is 1. The fraction of sp³-hybridized carbons (Fsp3) is 0.176. The maximum absolute atomic E-state index is 12.0. The quantitative estimate of drug-likeness (QED) is 0.790. The molecule has 0 saturated heterocycles. The molecule has 122 valence electrons. The van der Waals surface area contributed by atoms with E-state index in [-0.39, 0.29) is 12.7 Å². The van der Waals surface area contributed by atoms with Gasteiger partial charge in [0.1, 0.15) is 0 Å². The summed E-state index contributed by atoms with van der Waals surface area (Å²) in [7, 11) is 0. The van der Waals surface area contributed by atoms with Crippen molar-refractivity contribution in [3.05, 3.63) is 58.1 Å². The third-order valence-corrected chi connectivity index (χ3v) is 4.21. The van der Waals surface area contributed by atoms with Gasteiger partial charge in [0.05, 0.1) is 0 Å². The molecule has 0 aromatic heterocycles. The zero-order valence-corrected chi connectivity index (χ0v) is 14.3. The second kappa shape index (κ2) is 5.83. The normalized spacial score (nSPS) is 18.3. The van der Waals surface area contributed by atoms with Gasteiger partial charge in [0.25, 0.3) is 0 Å². The second-order valence-electron chi connectivity index (χ2n) is 5.36. The molecule has 2 aliphatic heterocycles. The van der Waals surface area contributed by atoms with Gasteiger partial charge in [0, 0.05) is 22.5 Å². The number of ether oxygens (including phenoxy) is 3. The van der Waals surface area contributed by atoms with Crippen molar-refractivity contribution in [2.45, 2.75) is 13.2 Å². The summed E-state index contributed by atoms with van der Waals surface area (Å²) in [5.41, 5.74) is 1.56. The van der Waals surface area contributed by atoms with Gasteiger partial charge in [-0.25, -0.2) is 0 Å². The highest BCUT2D eigenvalue weighted by Gasteiger charge is 2.33. The van der Waals surface area contributed by atoms with Gasteiger partial charge in [-0.1, -0.05) is 28.1 Å². The van der Waals surface area contributed by atoms with Crippen molar-refractivity contribution in [1.82, 2.24) is 5.01 Å². The van der Waals surface area contributed by atoms with Crippen LogP contribution in [-0.2, 0) is 9.53 Å². The molecule has 1 amide bonds. The lowest BCUT2D eigenvalue weighted by Gasteiger charge is -2.19. The molecule has 0 saturated carbocycles. The van der Waals surface area contributed by atoms with E-state index in [1.165, 1.54) is 11.9 Å². The SMILES string of the molecule is CC(=O)N1N=C(c2ccc3c(c2)OCO3)O[C@H]1c1cccc(Br)c1. The number of hydrogen-bond donors (Lipinski definition) is 0. The van der Waals surface area contributed by atoms with Crippen LogP contribution in [0.15, 0.2) is 52.0 Å². The minimum atomic E-state index is -0.597. The highest BCUT2D eigenvalue weighted by Crippen LogP contribution is 2.36. The Morgan fingerprint density at radius 2 is 2.04 bits per heavy atom. The zero-order valence-electron chi connectivity index (χ0n) is 12.7. The summed E-state index contributed by atoms with van der Waals surface area (Å²) in [5.74, 6) is 1.49. The van der Waals surface area contributed by atoms with E-state index in [0.29, 0.717) is 17.4 Å². The molecule has 2 aliphatic rings. The predicted octanol–water partition coefficient (Wildman–Crippen LogP) is 3.42. The average molecular weight is 389 g/mol. The van der Waals surface area contributed by atoms with Crippen molar-refractivity contribution in [2.75, 3.05) is 6.79 Å². The van der Waals surface area contributed by atoms with Crippen LogP contribution in [-0.4, -0.2) is 23.6 Å². The van der Waals surface area contributed by atoms with Crippen LogP contribution in [0.1, 0.15) is 24.3 Å². The number of hydrogen-bond acceptors (Lipinski definition) is 5. The smallest absolute Gasteiger partial charge is 0.243 e. The van der Waals surface area contributed by atoms with Crippen molar-refractivity contribution < 1.29 is 19.0 Å². The molecular formula is C17H13BrN2O4. The Bertz CT molecular complexity index is 852. The summed E-state index contributed by atoms with van der Waals surface area (Å²) >= 11 is 3.43. The van der Waals surface area contributed by atoms with Gasteiger partial charge < -0.3 is 14.2 Å². The molecular weight excluding hydrogens is 376 g/mol. The van der Waals surface area contributed by atoms with Crippen LogP contribution in [0.5, 0.6) is 11.5 Å². The summed E-state index contributed by atoms with van der Waals surface area (Å²) in [5, 5.41) is 5.67. The topological polar surface area (TPSA) is 60.4 Å². The number of rotatable bonds is 2. The lowest BCUT2D eigenvalue weighted by Crippen LogP contribution is -2.25. The molecule has 0 unspecified atom stereocenters. The number of benzene rings is 2. The maximum Gasteiger partial charge on any atom is 0.243 e. The molecule has 0 bridgehead atoms. The second-order valence-corrected chi connectivity index (χ2v) is 6.28. The van der Waals surface area contributed by atoms with E-state index in [2.05, 4.69) is 21.0 Å². The molecule has 2 aromatic carbocycles. The minimum Gasteiger partial charge on any atom is -0.454 e. The zero-order chi connectivity index (χ0) is 16.7. The fourth-order valence-corrected chi connectivity index (χ4v) is 3.01. The van der Waals surface area contributed by atoms with Gasteiger partial charge in [-0.15, -0.1) is 5.10 Å². The van der Waals surface area contributed by atoms with E-state index in [0.717, 1.165) is 15.6 Å². The van der Waals surface area contributed by atoms with E-state index in [4.69, 9.17) is 14.2 Å². The summed E-state index contributed by atoms with van der Waals surface area (Å²) in [6.07, 6.45) is -0.597. The first-order valence-corrected chi connectivity index (χ1v) is 8.12. The van der Waals surface area contributed by atoms with Crippen LogP contribution in [0.2, 0.25) is 0 Å². The third kappa shape index (κ3) is 2.60. The third-order valence-electron chi connectivity index (χ3n) is 3.72. The highest BCUT2D eigenvalue weighted by molar-refractivity contribution is 9.10. The minimum absolute atomic E-state index is 0.198. The van der Waals surface area contributed by atoms with Crippen LogP contribution in [0.3, 0.4) is 0 Å². The number of amides is 1. The van der Waals surface area contributed by atoms with Crippen LogP contribution in [0.4, 0.5) is 0 Å². The molecule has 1 atom stereocenters. The van der Waals surface area contributed by atoms with Gasteiger partial charge in [-0.3, -0.25) is 4.79 Å². The van der Waals surface area contributed by atoms with Crippen LogP contribution >= 0.6 is 15.9 Å². The number of carbonyl (C=O) groups excluding carboxylic acids is 1. The molecule has 2 aromatic rings. The Hall–Kier alpha value is -2.54.